The fraction of sp³-hybridized carbons (Fsp3) is 1.00. The van der Waals surface area contributed by atoms with E-state index in [9.17, 15) is 16.8 Å². The molecule has 1 saturated carbocycles. The first-order valence-corrected chi connectivity index (χ1v) is 15.6. The molecule has 0 aromatic rings. The predicted molar refractivity (Wildman–Crippen MR) is 127 cm³/mol. The maximum atomic E-state index is 12.5. The third-order valence-corrected chi connectivity index (χ3v) is 8.94. The van der Waals surface area contributed by atoms with E-state index in [-0.39, 0.29) is 23.6 Å². The van der Waals surface area contributed by atoms with Gasteiger partial charge in [0.15, 0.2) is 0 Å². The normalized spacial score (nSPS) is 20.5. The molecular formula is C22H46N2O4S2. The van der Waals surface area contributed by atoms with Gasteiger partial charge in [0, 0.05) is 12.1 Å². The van der Waals surface area contributed by atoms with Crippen molar-refractivity contribution in [3.63, 3.8) is 0 Å². The highest BCUT2D eigenvalue weighted by molar-refractivity contribution is 7.89. The number of rotatable bonds is 18. The molecule has 1 aliphatic carbocycles. The number of nitrogens with one attached hydrogen (secondary N) is 2. The van der Waals surface area contributed by atoms with Crippen molar-refractivity contribution in [3.8, 4) is 0 Å². The van der Waals surface area contributed by atoms with Gasteiger partial charge in [0.25, 0.3) is 0 Å². The quantitative estimate of drug-likeness (QED) is 0.282. The van der Waals surface area contributed by atoms with Crippen LogP contribution in [0.3, 0.4) is 0 Å². The molecule has 8 heteroatoms. The summed E-state index contributed by atoms with van der Waals surface area (Å²) in [5.41, 5.74) is 0. The summed E-state index contributed by atoms with van der Waals surface area (Å²) >= 11 is 0. The monoisotopic (exact) mass is 466 g/mol. The van der Waals surface area contributed by atoms with Crippen molar-refractivity contribution in [1.29, 1.82) is 0 Å². The van der Waals surface area contributed by atoms with Crippen molar-refractivity contribution in [1.82, 2.24) is 9.44 Å². The Balaban J connectivity index is 2.43. The van der Waals surface area contributed by atoms with Crippen LogP contribution in [0.25, 0.3) is 0 Å². The van der Waals surface area contributed by atoms with Crippen LogP contribution in [0.5, 0.6) is 0 Å². The summed E-state index contributed by atoms with van der Waals surface area (Å²) < 4.78 is 55.6. The van der Waals surface area contributed by atoms with Crippen molar-refractivity contribution in [2.24, 2.45) is 0 Å². The Morgan fingerprint density at radius 2 is 0.900 bits per heavy atom. The molecule has 6 nitrogen and oxygen atoms in total. The molecule has 1 aliphatic rings. The van der Waals surface area contributed by atoms with E-state index < -0.39 is 20.0 Å². The molecule has 0 unspecified atom stereocenters. The molecule has 0 aliphatic heterocycles. The Labute approximate surface area is 186 Å². The SMILES string of the molecule is CCCCCCCCS(=O)(=O)N[C@@H]1CCCC[C@H]1NS(=O)(=O)CCCCCCCC. The van der Waals surface area contributed by atoms with Crippen LogP contribution in [-0.2, 0) is 20.0 Å². The minimum Gasteiger partial charge on any atom is -0.212 e. The summed E-state index contributed by atoms with van der Waals surface area (Å²) in [6.07, 6.45) is 15.7. The zero-order valence-electron chi connectivity index (χ0n) is 19.3. The summed E-state index contributed by atoms with van der Waals surface area (Å²) in [4.78, 5) is 0. The van der Waals surface area contributed by atoms with Gasteiger partial charge in [-0.05, 0) is 25.7 Å². The standard InChI is InChI=1S/C22H46N2O4S2/c1-3-5-7-9-11-15-19-29(25,26)23-21-17-13-14-18-22(21)24-30(27,28)20-16-12-10-8-6-4-2/h21-24H,3-20H2,1-2H3/t21-,22-/m1/s1. The molecule has 0 amide bonds. The van der Waals surface area contributed by atoms with E-state index in [0.717, 1.165) is 51.4 Å². The fourth-order valence-corrected chi connectivity index (χ4v) is 7.03. The Morgan fingerprint density at radius 3 is 1.27 bits per heavy atom. The highest BCUT2D eigenvalue weighted by atomic mass is 32.2. The smallest absolute Gasteiger partial charge is 0.211 e. The number of sulfonamides is 2. The molecule has 30 heavy (non-hydrogen) atoms. The summed E-state index contributed by atoms with van der Waals surface area (Å²) in [6, 6.07) is -0.661. The molecule has 1 fully saturated rings. The lowest BCUT2D eigenvalue weighted by atomic mass is 9.92. The second-order valence-corrected chi connectivity index (χ2v) is 12.7. The topological polar surface area (TPSA) is 92.3 Å². The highest BCUT2D eigenvalue weighted by Gasteiger charge is 2.31. The van der Waals surface area contributed by atoms with E-state index in [0.29, 0.717) is 25.7 Å². The molecule has 0 aromatic carbocycles. The fourth-order valence-electron chi connectivity index (χ4n) is 4.14. The Hall–Kier alpha value is -0.180. The van der Waals surface area contributed by atoms with Crippen LogP contribution in [0.4, 0.5) is 0 Å². The van der Waals surface area contributed by atoms with Gasteiger partial charge in [-0.3, -0.25) is 0 Å². The van der Waals surface area contributed by atoms with E-state index in [1.807, 2.05) is 0 Å². The zero-order valence-corrected chi connectivity index (χ0v) is 21.0. The first-order chi connectivity index (χ1) is 14.3. The van der Waals surface area contributed by atoms with Crippen molar-refractivity contribution in [3.05, 3.63) is 0 Å². The average molecular weight is 467 g/mol. The summed E-state index contributed by atoms with van der Waals surface area (Å²) in [5, 5.41) is 0. The Kier molecular flexibility index (Phi) is 14.5. The maximum absolute atomic E-state index is 12.5. The van der Waals surface area contributed by atoms with Gasteiger partial charge in [-0.25, -0.2) is 26.3 Å². The molecule has 2 N–H and O–H groups in total. The Bertz CT molecular complexity index is 580. The van der Waals surface area contributed by atoms with Gasteiger partial charge < -0.3 is 0 Å². The highest BCUT2D eigenvalue weighted by Crippen LogP contribution is 2.21. The van der Waals surface area contributed by atoms with E-state index >= 15 is 0 Å². The van der Waals surface area contributed by atoms with E-state index in [2.05, 4.69) is 23.3 Å². The van der Waals surface area contributed by atoms with Crippen molar-refractivity contribution < 1.29 is 16.8 Å². The van der Waals surface area contributed by atoms with Gasteiger partial charge in [0.1, 0.15) is 0 Å². The summed E-state index contributed by atoms with van der Waals surface area (Å²) in [7, 11) is -6.75. The first-order valence-electron chi connectivity index (χ1n) is 12.3. The van der Waals surface area contributed by atoms with Crippen molar-refractivity contribution >= 4 is 20.0 Å². The zero-order chi connectivity index (χ0) is 22.3. The summed E-state index contributed by atoms with van der Waals surface area (Å²) in [5.74, 6) is 0.264. The van der Waals surface area contributed by atoms with Crippen LogP contribution in [0.2, 0.25) is 0 Å². The van der Waals surface area contributed by atoms with Gasteiger partial charge in [0.05, 0.1) is 11.5 Å². The molecule has 0 saturated heterocycles. The van der Waals surface area contributed by atoms with Crippen LogP contribution in [0.15, 0.2) is 0 Å². The van der Waals surface area contributed by atoms with E-state index in [4.69, 9.17) is 0 Å². The molecule has 1 rings (SSSR count). The van der Waals surface area contributed by atoms with E-state index in [1.165, 1.54) is 25.7 Å². The summed E-state index contributed by atoms with van der Waals surface area (Å²) in [6.45, 7) is 4.33. The molecule has 0 radical (unpaired) electrons. The number of hydrogen-bond acceptors (Lipinski definition) is 4. The van der Waals surface area contributed by atoms with Gasteiger partial charge >= 0.3 is 0 Å². The predicted octanol–water partition coefficient (Wildman–Crippen LogP) is 4.86. The maximum Gasteiger partial charge on any atom is 0.211 e. The third kappa shape index (κ3) is 13.3. The molecule has 0 heterocycles. The van der Waals surface area contributed by atoms with Gasteiger partial charge in [-0.2, -0.15) is 0 Å². The van der Waals surface area contributed by atoms with E-state index in [1.54, 1.807) is 0 Å². The largest absolute Gasteiger partial charge is 0.212 e. The second-order valence-electron chi connectivity index (χ2n) is 8.91. The lowest BCUT2D eigenvalue weighted by Gasteiger charge is -2.32. The Morgan fingerprint density at radius 1 is 0.567 bits per heavy atom. The van der Waals surface area contributed by atoms with Gasteiger partial charge in [-0.1, -0.05) is 90.9 Å². The number of unbranched alkanes of at least 4 members (excludes halogenated alkanes) is 10. The van der Waals surface area contributed by atoms with Crippen molar-refractivity contribution in [2.75, 3.05) is 11.5 Å². The van der Waals surface area contributed by atoms with Crippen LogP contribution in [-0.4, -0.2) is 40.4 Å². The lowest BCUT2D eigenvalue weighted by molar-refractivity contribution is 0.340. The molecule has 0 aromatic heterocycles. The minimum absolute atomic E-state index is 0.132. The third-order valence-electron chi connectivity index (χ3n) is 5.96. The minimum atomic E-state index is -3.38. The van der Waals surface area contributed by atoms with Gasteiger partial charge in [0.2, 0.25) is 20.0 Å². The van der Waals surface area contributed by atoms with Crippen molar-refractivity contribution in [2.45, 2.75) is 129 Å². The molecule has 2 atom stereocenters. The van der Waals surface area contributed by atoms with Crippen LogP contribution < -0.4 is 9.44 Å². The van der Waals surface area contributed by atoms with Crippen LogP contribution in [0, 0.1) is 0 Å². The molecule has 0 bridgehead atoms. The first kappa shape index (κ1) is 27.9. The molecule has 180 valence electrons. The molecular weight excluding hydrogens is 420 g/mol. The van der Waals surface area contributed by atoms with Crippen LogP contribution >= 0.6 is 0 Å². The van der Waals surface area contributed by atoms with Gasteiger partial charge in [-0.15, -0.1) is 0 Å². The second kappa shape index (κ2) is 15.6. The average Bonchev–Trinajstić information content (AvgIpc) is 2.68. The lowest BCUT2D eigenvalue weighted by Crippen LogP contribution is -2.53. The van der Waals surface area contributed by atoms with Crippen LogP contribution in [0.1, 0.15) is 117 Å². The molecule has 0 spiro atoms. The number of hydrogen-bond donors (Lipinski definition) is 2.